The second-order valence-electron chi connectivity index (χ2n) is 6.31. The van der Waals surface area contributed by atoms with Gasteiger partial charge in [-0.05, 0) is 31.0 Å². The highest BCUT2D eigenvalue weighted by Gasteiger charge is 2.29. The average Bonchev–Trinajstić information content (AvgIpc) is 2.58. The smallest absolute Gasteiger partial charge is 0.244 e. The number of hydrogen-bond donors (Lipinski definition) is 3. The fraction of sp³-hybridized carbons (Fsp3) is 0.471. The van der Waals surface area contributed by atoms with E-state index in [2.05, 4.69) is 15.4 Å². The monoisotopic (exact) mass is 405 g/mol. The number of sulfonamides is 1. The van der Waals surface area contributed by atoms with Gasteiger partial charge in [-0.2, -0.15) is 4.72 Å². The minimum atomic E-state index is -4.13. The molecule has 26 heavy (non-hydrogen) atoms. The van der Waals surface area contributed by atoms with Gasteiger partial charge in [-0.3, -0.25) is 4.79 Å². The second-order valence-corrected chi connectivity index (χ2v) is 7.99. The van der Waals surface area contributed by atoms with E-state index in [0.717, 1.165) is 31.1 Å². The summed E-state index contributed by atoms with van der Waals surface area (Å²) in [5, 5.41) is 5.95. The average molecular weight is 406 g/mol. The lowest BCUT2D eigenvalue weighted by Gasteiger charge is -2.23. The Bertz CT molecular complexity index is 753. The van der Waals surface area contributed by atoms with Crippen molar-refractivity contribution >= 4 is 28.3 Å². The molecule has 146 valence electrons. The van der Waals surface area contributed by atoms with Crippen LogP contribution in [0.1, 0.15) is 20.3 Å². The van der Waals surface area contributed by atoms with Crippen LogP contribution in [-0.2, 0) is 14.8 Å². The summed E-state index contributed by atoms with van der Waals surface area (Å²) in [7, 11) is -4.13. The number of benzene rings is 1. The molecule has 6 nitrogen and oxygen atoms in total. The van der Waals surface area contributed by atoms with Crippen molar-refractivity contribution in [2.24, 2.45) is 5.92 Å². The Labute approximate surface area is 160 Å². The number of hydrogen-bond acceptors (Lipinski definition) is 4. The predicted octanol–water partition coefficient (Wildman–Crippen LogP) is 1.59. The molecule has 0 bridgehead atoms. The number of carbonyl (C=O) groups is 1. The van der Waals surface area contributed by atoms with Crippen LogP contribution in [0.4, 0.5) is 4.39 Å². The van der Waals surface area contributed by atoms with Gasteiger partial charge < -0.3 is 10.6 Å². The first-order valence-corrected chi connectivity index (χ1v) is 9.73. The third kappa shape index (κ3) is 6.05. The molecule has 9 heteroatoms. The van der Waals surface area contributed by atoms with E-state index in [9.17, 15) is 17.6 Å². The standard InChI is InChI=1S/C17H24FN3O3S.ClH/c1-12(2)16(17(22)20-11-13-7-9-19-10-8-13)21-25(23,24)15-6-4-3-5-14(15)18;/h3-7,12,16,19,21H,8-11H2,1-2H3,(H,20,22);1H. The van der Waals surface area contributed by atoms with Gasteiger partial charge in [0.25, 0.3) is 0 Å². The van der Waals surface area contributed by atoms with Crippen LogP contribution < -0.4 is 15.4 Å². The number of halogens is 2. The van der Waals surface area contributed by atoms with E-state index < -0.39 is 32.7 Å². The van der Waals surface area contributed by atoms with E-state index >= 15 is 0 Å². The van der Waals surface area contributed by atoms with E-state index in [1.165, 1.54) is 18.2 Å². The van der Waals surface area contributed by atoms with Crippen molar-refractivity contribution in [1.29, 1.82) is 0 Å². The Kier molecular flexibility index (Phi) is 8.69. The van der Waals surface area contributed by atoms with E-state index in [0.29, 0.717) is 6.54 Å². The maximum Gasteiger partial charge on any atom is 0.244 e. The van der Waals surface area contributed by atoms with Gasteiger partial charge in [0.1, 0.15) is 16.8 Å². The largest absolute Gasteiger partial charge is 0.351 e. The van der Waals surface area contributed by atoms with Crippen LogP contribution in [0.25, 0.3) is 0 Å². The molecule has 1 aliphatic rings. The zero-order valence-corrected chi connectivity index (χ0v) is 16.4. The van der Waals surface area contributed by atoms with Gasteiger partial charge in [-0.25, -0.2) is 12.8 Å². The Morgan fingerprint density at radius 3 is 2.58 bits per heavy atom. The van der Waals surface area contributed by atoms with Crippen LogP contribution in [0.2, 0.25) is 0 Å². The van der Waals surface area contributed by atoms with Gasteiger partial charge in [-0.15, -0.1) is 12.4 Å². The summed E-state index contributed by atoms with van der Waals surface area (Å²) >= 11 is 0. The highest BCUT2D eigenvalue weighted by atomic mass is 35.5. The molecular weight excluding hydrogens is 381 g/mol. The molecule has 1 heterocycles. The van der Waals surface area contributed by atoms with Gasteiger partial charge in [0, 0.05) is 13.1 Å². The highest BCUT2D eigenvalue weighted by Crippen LogP contribution is 2.15. The van der Waals surface area contributed by atoms with Crippen molar-refractivity contribution in [3.63, 3.8) is 0 Å². The summed E-state index contributed by atoms with van der Waals surface area (Å²) in [5.41, 5.74) is 1.10. The zero-order chi connectivity index (χ0) is 18.4. The van der Waals surface area contributed by atoms with Crippen LogP contribution in [-0.4, -0.2) is 40.0 Å². The van der Waals surface area contributed by atoms with Crippen molar-refractivity contribution in [3.8, 4) is 0 Å². The third-order valence-electron chi connectivity index (χ3n) is 4.01. The van der Waals surface area contributed by atoms with Crippen LogP contribution in [0.3, 0.4) is 0 Å². The number of nitrogens with one attached hydrogen (secondary N) is 3. The van der Waals surface area contributed by atoms with Crippen molar-refractivity contribution in [3.05, 3.63) is 41.7 Å². The summed E-state index contributed by atoms with van der Waals surface area (Å²) in [4.78, 5) is 12.0. The lowest BCUT2D eigenvalue weighted by molar-refractivity contribution is -0.123. The first-order valence-electron chi connectivity index (χ1n) is 8.24. The van der Waals surface area contributed by atoms with Crippen molar-refractivity contribution in [2.45, 2.75) is 31.2 Å². The lowest BCUT2D eigenvalue weighted by Crippen LogP contribution is -2.50. The molecule has 3 N–H and O–H groups in total. The van der Waals surface area contributed by atoms with E-state index in [4.69, 9.17) is 0 Å². The van der Waals surface area contributed by atoms with Crippen LogP contribution in [0.5, 0.6) is 0 Å². The molecule has 1 amide bonds. The normalized spacial score (nSPS) is 15.8. The summed E-state index contributed by atoms with van der Waals surface area (Å²) in [6.45, 7) is 5.47. The Morgan fingerprint density at radius 1 is 1.31 bits per heavy atom. The quantitative estimate of drug-likeness (QED) is 0.601. The fourth-order valence-corrected chi connectivity index (χ4v) is 3.95. The molecule has 0 aromatic heterocycles. The van der Waals surface area contributed by atoms with Crippen molar-refractivity contribution in [1.82, 2.24) is 15.4 Å². The molecule has 0 radical (unpaired) electrons. The summed E-state index contributed by atoms with van der Waals surface area (Å²) in [6.07, 6.45) is 2.85. The third-order valence-corrected chi connectivity index (χ3v) is 5.48. The maximum absolute atomic E-state index is 13.8. The lowest BCUT2D eigenvalue weighted by atomic mass is 10.0. The zero-order valence-electron chi connectivity index (χ0n) is 14.8. The summed E-state index contributed by atoms with van der Waals surface area (Å²) in [5.74, 6) is -1.56. The number of amides is 1. The first kappa shape index (κ1) is 22.6. The molecule has 1 aliphatic heterocycles. The molecule has 0 saturated heterocycles. The topological polar surface area (TPSA) is 87.3 Å². The van der Waals surface area contributed by atoms with Gasteiger partial charge in [0.05, 0.1) is 0 Å². The second kappa shape index (κ2) is 10.0. The molecule has 1 aromatic rings. The van der Waals surface area contributed by atoms with Gasteiger partial charge >= 0.3 is 0 Å². The molecular formula is C17H25ClFN3O3S. The molecule has 1 aromatic carbocycles. The molecule has 0 spiro atoms. The highest BCUT2D eigenvalue weighted by molar-refractivity contribution is 7.89. The van der Waals surface area contributed by atoms with Gasteiger partial charge in [-0.1, -0.05) is 37.6 Å². The van der Waals surface area contributed by atoms with Crippen molar-refractivity contribution < 1.29 is 17.6 Å². The number of carbonyl (C=O) groups excluding carboxylic acids is 1. The van der Waals surface area contributed by atoms with Crippen LogP contribution >= 0.6 is 12.4 Å². The minimum absolute atomic E-state index is 0. The predicted molar refractivity (Wildman–Crippen MR) is 101 cm³/mol. The van der Waals surface area contributed by atoms with E-state index in [1.54, 1.807) is 13.8 Å². The fourth-order valence-electron chi connectivity index (χ4n) is 2.53. The van der Waals surface area contributed by atoms with Crippen LogP contribution in [0, 0.1) is 11.7 Å². The Hall–Kier alpha value is -1.48. The molecule has 1 atom stereocenters. The summed E-state index contributed by atoms with van der Waals surface area (Å²) < 4.78 is 41.0. The van der Waals surface area contributed by atoms with E-state index in [-0.39, 0.29) is 18.3 Å². The molecule has 2 rings (SSSR count). The Morgan fingerprint density at radius 2 is 2.00 bits per heavy atom. The number of rotatable bonds is 7. The summed E-state index contributed by atoms with van der Waals surface area (Å²) in [6, 6.07) is 4.11. The molecule has 0 saturated carbocycles. The minimum Gasteiger partial charge on any atom is -0.351 e. The van der Waals surface area contributed by atoms with Crippen LogP contribution in [0.15, 0.2) is 40.8 Å². The SMILES string of the molecule is CC(C)C(NS(=O)(=O)c1ccccc1F)C(=O)NCC1=CCNCC1.Cl. The first-order chi connectivity index (χ1) is 11.8. The molecule has 0 fully saturated rings. The maximum atomic E-state index is 13.8. The van der Waals surface area contributed by atoms with Gasteiger partial charge in [0.15, 0.2) is 0 Å². The van der Waals surface area contributed by atoms with Crippen molar-refractivity contribution in [2.75, 3.05) is 19.6 Å². The Balaban J connectivity index is 0.00000338. The molecule has 0 aliphatic carbocycles. The van der Waals surface area contributed by atoms with E-state index in [1.807, 2.05) is 6.08 Å². The van der Waals surface area contributed by atoms with Gasteiger partial charge in [0.2, 0.25) is 15.9 Å². The molecule has 1 unspecified atom stereocenters.